The van der Waals surface area contributed by atoms with E-state index in [1.807, 2.05) is 6.92 Å². The van der Waals surface area contributed by atoms with E-state index in [0.29, 0.717) is 44.1 Å². The Hall–Kier alpha value is -1.98. The minimum atomic E-state index is -3.21. The highest BCUT2D eigenvalue weighted by atomic mass is 32.2. The van der Waals surface area contributed by atoms with Gasteiger partial charge in [-0.15, -0.1) is 0 Å². The van der Waals surface area contributed by atoms with Gasteiger partial charge >= 0.3 is 6.61 Å². The van der Waals surface area contributed by atoms with Crippen molar-refractivity contribution < 1.29 is 27.0 Å². The van der Waals surface area contributed by atoms with Gasteiger partial charge in [-0.1, -0.05) is 19.1 Å². The summed E-state index contributed by atoms with van der Waals surface area (Å²) in [6, 6.07) is 5.73. The lowest BCUT2D eigenvalue weighted by Crippen LogP contribution is -2.39. The lowest BCUT2D eigenvalue weighted by molar-refractivity contribution is -0.0498. The maximum Gasteiger partial charge on any atom is 0.387 e. The Labute approximate surface area is 171 Å². The number of aliphatic hydroxyl groups excluding tert-OH is 1. The van der Waals surface area contributed by atoms with E-state index in [1.165, 1.54) is 34.8 Å². The summed E-state index contributed by atoms with van der Waals surface area (Å²) in [5, 5.41) is 16.4. The average molecular weight is 437 g/mol. The minimum Gasteiger partial charge on any atom is -0.435 e. The van der Waals surface area contributed by atoms with Gasteiger partial charge in [-0.3, -0.25) is 4.99 Å². The molecule has 0 saturated heterocycles. The number of halogens is 2. The topological polar surface area (TPSA) is 103 Å². The molecule has 0 heterocycles. The number of alkyl halides is 2. The molecular weight excluding hydrogens is 406 g/mol. The Bertz CT molecular complexity index is 730. The summed E-state index contributed by atoms with van der Waals surface area (Å²) in [5.41, 5.74) is 0.526. The fraction of sp³-hybridized carbons (Fsp3) is 0.611. The van der Waals surface area contributed by atoms with Crippen LogP contribution in [0.5, 0.6) is 5.75 Å². The summed E-state index contributed by atoms with van der Waals surface area (Å²) < 4.78 is 53.2. The molecule has 0 spiro atoms. The van der Waals surface area contributed by atoms with Crippen LogP contribution in [0.1, 0.15) is 31.9 Å². The molecule has 0 radical (unpaired) electrons. The molecular formula is C18H30F2N4O4S. The van der Waals surface area contributed by atoms with Crippen LogP contribution in [0.15, 0.2) is 29.3 Å². The van der Waals surface area contributed by atoms with Crippen molar-refractivity contribution in [3.8, 4) is 5.75 Å². The van der Waals surface area contributed by atoms with E-state index >= 15 is 0 Å². The lowest BCUT2D eigenvalue weighted by Gasteiger charge is -2.18. The highest BCUT2D eigenvalue weighted by molar-refractivity contribution is 7.88. The smallest absolute Gasteiger partial charge is 0.387 e. The first-order chi connectivity index (χ1) is 13.7. The van der Waals surface area contributed by atoms with Crippen LogP contribution >= 0.6 is 0 Å². The van der Waals surface area contributed by atoms with E-state index in [1.54, 1.807) is 6.92 Å². The summed E-state index contributed by atoms with van der Waals surface area (Å²) >= 11 is 0. The third-order valence-corrected chi connectivity index (χ3v) is 5.33. The van der Waals surface area contributed by atoms with Gasteiger partial charge in [0.2, 0.25) is 10.0 Å². The Morgan fingerprint density at radius 3 is 2.41 bits per heavy atom. The second-order valence-corrected chi connectivity index (χ2v) is 8.20. The van der Waals surface area contributed by atoms with Crippen molar-refractivity contribution in [1.29, 1.82) is 0 Å². The first-order valence-corrected chi connectivity index (χ1v) is 11.2. The zero-order valence-electron chi connectivity index (χ0n) is 16.9. The van der Waals surface area contributed by atoms with E-state index in [0.717, 1.165) is 0 Å². The molecule has 1 aromatic carbocycles. The van der Waals surface area contributed by atoms with Crippen molar-refractivity contribution in [2.45, 2.75) is 33.0 Å². The molecule has 0 saturated carbocycles. The average Bonchev–Trinajstić information content (AvgIpc) is 2.64. The van der Waals surface area contributed by atoms with E-state index < -0.39 is 22.7 Å². The molecule has 0 fully saturated rings. The van der Waals surface area contributed by atoms with E-state index in [-0.39, 0.29) is 12.3 Å². The monoisotopic (exact) mass is 436 g/mol. The zero-order valence-corrected chi connectivity index (χ0v) is 17.8. The Kier molecular flexibility index (Phi) is 10.8. The Morgan fingerprint density at radius 1 is 1.24 bits per heavy atom. The first-order valence-electron chi connectivity index (χ1n) is 9.37. The van der Waals surface area contributed by atoms with Gasteiger partial charge in [-0.05, 0) is 31.0 Å². The van der Waals surface area contributed by atoms with E-state index in [2.05, 4.69) is 20.4 Å². The molecule has 1 aromatic rings. The maximum absolute atomic E-state index is 12.2. The molecule has 0 aromatic heterocycles. The number of guanidine groups is 1. The SMILES string of the molecule is CCNC(=NCC(O)c1ccc(OC(F)F)cc1)NCCCN(CC)S(C)(=O)=O. The summed E-state index contributed by atoms with van der Waals surface area (Å²) in [5.74, 6) is 0.510. The van der Waals surface area contributed by atoms with Gasteiger partial charge in [0.15, 0.2) is 5.96 Å². The number of hydrogen-bond donors (Lipinski definition) is 3. The number of nitrogens with zero attached hydrogens (tertiary/aromatic N) is 2. The number of rotatable bonds is 12. The van der Waals surface area contributed by atoms with Crippen LogP contribution in [0.25, 0.3) is 0 Å². The standard InChI is InChI=1S/C18H30F2N4O4S/c1-4-21-18(22-11-6-12-24(5-2)29(3,26)27)23-13-16(25)14-7-9-15(10-8-14)28-17(19)20/h7-10,16-17,25H,4-6,11-13H2,1-3H3,(H2,21,22,23). The van der Waals surface area contributed by atoms with Crippen molar-refractivity contribution in [2.75, 3.05) is 39.0 Å². The van der Waals surface area contributed by atoms with Crippen molar-refractivity contribution in [3.63, 3.8) is 0 Å². The third-order valence-electron chi connectivity index (χ3n) is 3.96. The summed E-state index contributed by atoms with van der Waals surface area (Å²) in [6.07, 6.45) is 0.870. The molecule has 166 valence electrons. The number of aliphatic imine (C=N–C) groups is 1. The van der Waals surface area contributed by atoms with Crippen LogP contribution in [0.4, 0.5) is 8.78 Å². The Morgan fingerprint density at radius 2 is 1.90 bits per heavy atom. The van der Waals surface area contributed by atoms with Crippen LogP contribution in [-0.4, -0.2) is 69.4 Å². The van der Waals surface area contributed by atoms with Crippen LogP contribution in [0, 0.1) is 0 Å². The molecule has 3 N–H and O–H groups in total. The van der Waals surface area contributed by atoms with Crippen LogP contribution in [0.3, 0.4) is 0 Å². The molecule has 1 unspecified atom stereocenters. The number of nitrogens with one attached hydrogen (secondary N) is 2. The molecule has 0 aliphatic rings. The largest absolute Gasteiger partial charge is 0.435 e. The number of benzene rings is 1. The van der Waals surface area contributed by atoms with Gasteiger partial charge < -0.3 is 20.5 Å². The number of aliphatic hydroxyl groups is 1. The molecule has 8 nitrogen and oxygen atoms in total. The van der Waals surface area contributed by atoms with Crippen molar-refractivity contribution >= 4 is 16.0 Å². The van der Waals surface area contributed by atoms with Gasteiger partial charge in [0.1, 0.15) is 5.75 Å². The fourth-order valence-corrected chi connectivity index (χ4v) is 3.45. The van der Waals surface area contributed by atoms with E-state index in [9.17, 15) is 22.3 Å². The molecule has 1 rings (SSSR count). The maximum atomic E-state index is 12.2. The summed E-state index contributed by atoms with van der Waals surface area (Å²) in [6.45, 7) is 2.79. The van der Waals surface area contributed by atoms with Crippen molar-refractivity contribution in [3.05, 3.63) is 29.8 Å². The van der Waals surface area contributed by atoms with E-state index in [4.69, 9.17) is 0 Å². The van der Waals surface area contributed by atoms with Gasteiger partial charge in [-0.25, -0.2) is 12.7 Å². The highest BCUT2D eigenvalue weighted by Gasteiger charge is 2.13. The minimum absolute atomic E-state index is 0.0182. The van der Waals surface area contributed by atoms with Crippen LogP contribution < -0.4 is 15.4 Å². The molecule has 29 heavy (non-hydrogen) atoms. The van der Waals surface area contributed by atoms with Crippen LogP contribution in [-0.2, 0) is 10.0 Å². The normalized spacial score (nSPS) is 13.6. The molecule has 0 bridgehead atoms. The molecule has 0 aliphatic carbocycles. The predicted molar refractivity (Wildman–Crippen MR) is 109 cm³/mol. The highest BCUT2D eigenvalue weighted by Crippen LogP contribution is 2.19. The summed E-state index contributed by atoms with van der Waals surface area (Å²) in [7, 11) is -3.21. The van der Waals surface area contributed by atoms with Crippen molar-refractivity contribution in [2.24, 2.45) is 4.99 Å². The second-order valence-electron chi connectivity index (χ2n) is 6.22. The van der Waals surface area contributed by atoms with Gasteiger partial charge in [-0.2, -0.15) is 8.78 Å². The predicted octanol–water partition coefficient (Wildman–Crippen LogP) is 1.55. The summed E-state index contributed by atoms with van der Waals surface area (Å²) in [4.78, 5) is 4.31. The van der Waals surface area contributed by atoms with Gasteiger partial charge in [0.05, 0.1) is 18.9 Å². The quantitative estimate of drug-likeness (QED) is 0.261. The number of sulfonamides is 1. The fourth-order valence-electron chi connectivity index (χ4n) is 2.52. The molecule has 0 amide bonds. The zero-order chi connectivity index (χ0) is 21.9. The molecule has 1 atom stereocenters. The number of ether oxygens (including phenoxy) is 1. The van der Waals surface area contributed by atoms with Crippen LogP contribution in [0.2, 0.25) is 0 Å². The lowest BCUT2D eigenvalue weighted by atomic mass is 10.1. The molecule has 0 aliphatic heterocycles. The number of hydrogen-bond acceptors (Lipinski definition) is 5. The Balaban J connectivity index is 2.55. The van der Waals surface area contributed by atoms with Crippen molar-refractivity contribution in [1.82, 2.24) is 14.9 Å². The molecule has 11 heteroatoms. The second kappa shape index (κ2) is 12.6. The third kappa shape index (κ3) is 9.86. The first kappa shape index (κ1) is 25.1. The van der Waals surface area contributed by atoms with Gasteiger partial charge in [0.25, 0.3) is 0 Å². The van der Waals surface area contributed by atoms with Gasteiger partial charge in [0, 0.05) is 26.2 Å².